The highest BCUT2D eigenvalue weighted by Gasteiger charge is 2.68. The molecule has 0 aliphatic carbocycles. The van der Waals surface area contributed by atoms with E-state index in [9.17, 15) is 26.5 Å². The first-order chi connectivity index (χ1) is 5.56. The standard InChI is InChI=1S/C5H6F5O2P/c1-2-3-13(11,12)5(9,10)4(6,7)8/h2H,1,3H2,(H,11,12). The Balaban J connectivity index is 5.03. The lowest BCUT2D eigenvalue weighted by molar-refractivity contribution is -0.245. The molecular weight excluding hydrogens is 218 g/mol. The molecule has 0 spiro atoms. The van der Waals surface area contributed by atoms with Gasteiger partial charge in [-0.15, -0.1) is 6.58 Å². The van der Waals surface area contributed by atoms with Crippen molar-refractivity contribution < 1.29 is 31.4 Å². The van der Waals surface area contributed by atoms with E-state index >= 15 is 0 Å². The molecule has 0 amide bonds. The largest absolute Gasteiger partial charge is 0.463 e. The molecule has 0 fully saturated rings. The second-order valence-corrected chi connectivity index (χ2v) is 4.54. The normalized spacial score (nSPS) is 18.0. The van der Waals surface area contributed by atoms with Crippen LogP contribution in [-0.4, -0.2) is 22.9 Å². The van der Waals surface area contributed by atoms with Gasteiger partial charge in [-0.1, -0.05) is 6.08 Å². The van der Waals surface area contributed by atoms with Gasteiger partial charge in [0.2, 0.25) is 0 Å². The molecule has 8 heteroatoms. The summed E-state index contributed by atoms with van der Waals surface area (Å²) in [6.07, 6.45) is -6.75. The van der Waals surface area contributed by atoms with Crippen LogP contribution in [0.3, 0.4) is 0 Å². The summed E-state index contributed by atoms with van der Waals surface area (Å²) in [5.74, 6) is 0. The number of hydrogen-bond acceptors (Lipinski definition) is 1. The van der Waals surface area contributed by atoms with Crippen LogP contribution in [0.2, 0.25) is 0 Å². The van der Waals surface area contributed by atoms with E-state index in [1.807, 2.05) is 0 Å². The highest BCUT2D eigenvalue weighted by Crippen LogP contribution is 2.63. The van der Waals surface area contributed by atoms with Crippen LogP contribution in [0.5, 0.6) is 0 Å². The Morgan fingerprint density at radius 2 is 1.69 bits per heavy atom. The van der Waals surface area contributed by atoms with Crippen LogP contribution in [0.4, 0.5) is 22.0 Å². The smallest absolute Gasteiger partial charge is 0.340 e. The Bertz CT molecular complexity index is 246. The predicted molar refractivity (Wildman–Crippen MR) is 35.9 cm³/mol. The van der Waals surface area contributed by atoms with E-state index in [0.29, 0.717) is 6.08 Å². The van der Waals surface area contributed by atoms with E-state index < -0.39 is 25.4 Å². The van der Waals surface area contributed by atoms with Gasteiger partial charge in [0.25, 0.3) is 7.37 Å². The molecule has 13 heavy (non-hydrogen) atoms. The molecule has 0 saturated heterocycles. The van der Waals surface area contributed by atoms with Gasteiger partial charge in [-0.05, 0) is 0 Å². The van der Waals surface area contributed by atoms with E-state index in [1.54, 1.807) is 0 Å². The molecule has 2 nitrogen and oxygen atoms in total. The zero-order valence-corrected chi connectivity index (χ0v) is 7.08. The van der Waals surface area contributed by atoms with Gasteiger partial charge in [0.05, 0.1) is 0 Å². The fourth-order valence-electron chi connectivity index (χ4n) is 0.488. The second kappa shape index (κ2) is 3.38. The van der Waals surface area contributed by atoms with E-state index in [2.05, 4.69) is 6.58 Å². The number of hydrogen-bond donors (Lipinski definition) is 1. The molecule has 0 heterocycles. The zero-order chi connectivity index (χ0) is 10.9. The molecular formula is C5H6F5O2P. The van der Waals surface area contributed by atoms with E-state index in [1.165, 1.54) is 0 Å². The molecule has 0 saturated carbocycles. The van der Waals surface area contributed by atoms with E-state index in [0.717, 1.165) is 0 Å². The van der Waals surface area contributed by atoms with Crippen LogP contribution in [0.25, 0.3) is 0 Å². The van der Waals surface area contributed by atoms with Crippen molar-refractivity contribution >= 4 is 7.37 Å². The minimum Gasteiger partial charge on any atom is -0.340 e. The lowest BCUT2D eigenvalue weighted by atomic mass is 10.7. The van der Waals surface area contributed by atoms with Gasteiger partial charge in [-0.3, -0.25) is 4.57 Å². The summed E-state index contributed by atoms with van der Waals surface area (Å²) in [7, 11) is -5.59. The van der Waals surface area contributed by atoms with Crippen LogP contribution in [0.1, 0.15) is 0 Å². The lowest BCUT2D eigenvalue weighted by Crippen LogP contribution is -2.36. The molecule has 78 valence electrons. The molecule has 1 atom stereocenters. The molecule has 0 aliphatic heterocycles. The van der Waals surface area contributed by atoms with Crippen molar-refractivity contribution in [2.45, 2.75) is 11.8 Å². The zero-order valence-electron chi connectivity index (χ0n) is 6.18. The van der Waals surface area contributed by atoms with Gasteiger partial charge in [-0.25, -0.2) is 0 Å². The van der Waals surface area contributed by atoms with Crippen molar-refractivity contribution in [3.05, 3.63) is 12.7 Å². The third kappa shape index (κ3) is 2.28. The van der Waals surface area contributed by atoms with Gasteiger partial charge >= 0.3 is 11.8 Å². The van der Waals surface area contributed by atoms with E-state index in [-0.39, 0.29) is 0 Å². The number of halogens is 5. The monoisotopic (exact) mass is 224 g/mol. The number of alkyl halides is 5. The highest BCUT2D eigenvalue weighted by molar-refractivity contribution is 7.59. The Morgan fingerprint density at radius 3 is 1.92 bits per heavy atom. The topological polar surface area (TPSA) is 37.3 Å². The van der Waals surface area contributed by atoms with Crippen LogP contribution in [-0.2, 0) is 4.57 Å². The third-order valence-corrected chi connectivity index (χ3v) is 3.04. The maximum absolute atomic E-state index is 12.2. The fraction of sp³-hybridized carbons (Fsp3) is 0.600. The summed E-state index contributed by atoms with van der Waals surface area (Å²) in [6, 6.07) is 0. The molecule has 0 aromatic carbocycles. The molecule has 0 rings (SSSR count). The molecule has 1 unspecified atom stereocenters. The Labute approximate surface area is 70.5 Å². The van der Waals surface area contributed by atoms with Crippen LogP contribution < -0.4 is 0 Å². The molecule has 0 radical (unpaired) electrons. The average molecular weight is 224 g/mol. The Kier molecular flexibility index (Phi) is 3.27. The predicted octanol–water partition coefficient (Wildman–Crippen LogP) is 2.60. The van der Waals surface area contributed by atoms with Crippen molar-refractivity contribution in [3.63, 3.8) is 0 Å². The van der Waals surface area contributed by atoms with Gasteiger partial charge < -0.3 is 4.89 Å². The molecule has 0 aromatic rings. The first-order valence-electron chi connectivity index (χ1n) is 2.93. The van der Waals surface area contributed by atoms with Gasteiger partial charge in [-0.2, -0.15) is 22.0 Å². The van der Waals surface area contributed by atoms with Crippen LogP contribution >= 0.6 is 7.37 Å². The first-order valence-corrected chi connectivity index (χ1v) is 4.78. The summed E-state index contributed by atoms with van der Waals surface area (Å²) < 4.78 is 69.5. The van der Waals surface area contributed by atoms with Gasteiger partial charge in [0.15, 0.2) is 0 Å². The van der Waals surface area contributed by atoms with E-state index in [4.69, 9.17) is 4.89 Å². The summed E-state index contributed by atoms with van der Waals surface area (Å²) in [5, 5.41) is 0. The van der Waals surface area contributed by atoms with Crippen molar-refractivity contribution in [2.24, 2.45) is 0 Å². The van der Waals surface area contributed by atoms with Crippen LogP contribution in [0.15, 0.2) is 12.7 Å². The van der Waals surface area contributed by atoms with Gasteiger partial charge in [0.1, 0.15) is 0 Å². The first kappa shape index (κ1) is 12.6. The Morgan fingerprint density at radius 1 is 1.31 bits per heavy atom. The third-order valence-electron chi connectivity index (χ3n) is 1.16. The summed E-state index contributed by atoms with van der Waals surface area (Å²) in [6.45, 7) is 2.81. The van der Waals surface area contributed by atoms with Crippen LogP contribution in [0, 0.1) is 0 Å². The molecule has 0 aromatic heterocycles. The molecule has 1 N–H and O–H groups in total. The molecule has 0 bridgehead atoms. The maximum Gasteiger partial charge on any atom is 0.463 e. The number of allylic oxidation sites excluding steroid dienone is 1. The lowest BCUT2D eigenvalue weighted by Gasteiger charge is -2.23. The minimum absolute atomic E-state index is 0.542. The molecule has 0 aliphatic rings. The van der Waals surface area contributed by atoms with Crippen molar-refractivity contribution in [1.82, 2.24) is 0 Å². The minimum atomic E-state index is -6.01. The maximum atomic E-state index is 12.2. The van der Waals surface area contributed by atoms with Crippen molar-refractivity contribution in [2.75, 3.05) is 6.16 Å². The Hall–Kier alpha value is -0.420. The van der Waals surface area contributed by atoms with Crippen molar-refractivity contribution in [1.29, 1.82) is 0 Å². The quantitative estimate of drug-likeness (QED) is 0.454. The van der Waals surface area contributed by atoms with Crippen molar-refractivity contribution in [3.8, 4) is 0 Å². The summed E-state index contributed by atoms with van der Waals surface area (Å²) in [4.78, 5) is 8.39. The highest BCUT2D eigenvalue weighted by atomic mass is 31.2. The second-order valence-electron chi connectivity index (χ2n) is 2.21. The SMILES string of the molecule is C=CCP(=O)(O)C(F)(F)C(F)(F)F. The summed E-state index contributed by atoms with van der Waals surface area (Å²) in [5.41, 5.74) is -5.58. The summed E-state index contributed by atoms with van der Waals surface area (Å²) >= 11 is 0. The number of rotatable bonds is 3. The van der Waals surface area contributed by atoms with Gasteiger partial charge in [0, 0.05) is 6.16 Å². The fourth-order valence-corrected chi connectivity index (χ4v) is 1.46. The average Bonchev–Trinajstić information content (AvgIpc) is 1.84.